The summed E-state index contributed by atoms with van der Waals surface area (Å²) in [7, 11) is 1.50. The Morgan fingerprint density at radius 3 is 2.26 bits per heavy atom. The molecule has 27 heavy (non-hydrogen) atoms. The van der Waals surface area contributed by atoms with Gasteiger partial charge in [-0.2, -0.15) is 13.2 Å². The highest BCUT2D eigenvalue weighted by atomic mass is 19.4. The molecule has 9 heteroatoms. The van der Waals surface area contributed by atoms with Crippen molar-refractivity contribution in [3.63, 3.8) is 0 Å². The molecule has 2 atom stereocenters. The molecule has 1 aromatic rings. The molecule has 1 heterocycles. The maximum absolute atomic E-state index is 13.0. The summed E-state index contributed by atoms with van der Waals surface area (Å²) in [5.41, 5.74) is 0.451. The highest BCUT2D eigenvalue weighted by Crippen LogP contribution is 2.38. The normalized spacial score (nSPS) is 19.8. The first-order valence-corrected chi connectivity index (χ1v) is 8.38. The molecule has 2 rings (SSSR count). The highest BCUT2D eigenvalue weighted by molar-refractivity contribution is 5.96. The van der Waals surface area contributed by atoms with Crippen molar-refractivity contribution >= 4 is 17.7 Å². The van der Waals surface area contributed by atoms with Crippen molar-refractivity contribution in [2.75, 3.05) is 20.2 Å². The molecular weight excluding hydrogens is 367 g/mol. The maximum Gasteiger partial charge on any atom is 0.394 e. The Morgan fingerprint density at radius 2 is 1.78 bits per heavy atom. The van der Waals surface area contributed by atoms with Gasteiger partial charge in [-0.1, -0.05) is 0 Å². The van der Waals surface area contributed by atoms with Gasteiger partial charge in [-0.25, -0.2) is 0 Å². The number of carboxylic acid groups (broad SMARTS) is 1. The minimum absolute atomic E-state index is 0.0664. The number of alkyl halides is 3. The highest BCUT2D eigenvalue weighted by Gasteiger charge is 2.53. The van der Waals surface area contributed by atoms with Gasteiger partial charge in [-0.05, 0) is 30.7 Å². The first-order chi connectivity index (χ1) is 12.6. The number of nitrogens with zero attached hydrogens (tertiary/aromatic N) is 1. The largest absolute Gasteiger partial charge is 0.497 e. The molecular formula is C18H20F3NO5. The number of Topliss-reactive ketones (excluding diaryl/α,β-unsaturated/α-hetero) is 1. The zero-order valence-corrected chi connectivity index (χ0v) is 14.7. The SMILES string of the molecule is COc1ccc(C(=O)CCCC(=O)N2C[C@@H](C(F)(F)F)[C@H](C(=O)O)C2)cc1. The number of carbonyl (C=O) groups is 3. The zero-order chi connectivity index (χ0) is 20.2. The summed E-state index contributed by atoms with van der Waals surface area (Å²) in [5.74, 6) is -5.46. The molecule has 0 unspecified atom stereocenters. The third kappa shape index (κ3) is 5.21. The van der Waals surface area contributed by atoms with Crippen molar-refractivity contribution in [2.24, 2.45) is 11.8 Å². The summed E-state index contributed by atoms with van der Waals surface area (Å²) in [6, 6.07) is 6.45. The molecule has 1 saturated heterocycles. The second kappa shape index (κ2) is 8.41. The maximum atomic E-state index is 13.0. The third-order valence-electron chi connectivity index (χ3n) is 4.62. The van der Waals surface area contributed by atoms with Crippen LogP contribution in [-0.2, 0) is 9.59 Å². The molecule has 0 aliphatic carbocycles. The Bertz CT molecular complexity index is 702. The smallest absolute Gasteiger partial charge is 0.394 e. The molecule has 1 fully saturated rings. The van der Waals surface area contributed by atoms with E-state index in [1.54, 1.807) is 24.3 Å². The van der Waals surface area contributed by atoms with Crippen LogP contribution in [-0.4, -0.2) is 54.0 Å². The van der Waals surface area contributed by atoms with Gasteiger partial charge in [-0.15, -0.1) is 0 Å². The van der Waals surface area contributed by atoms with E-state index >= 15 is 0 Å². The van der Waals surface area contributed by atoms with Gasteiger partial charge in [0.25, 0.3) is 0 Å². The number of carboxylic acids is 1. The van der Waals surface area contributed by atoms with Crippen LogP contribution in [0.4, 0.5) is 13.2 Å². The minimum Gasteiger partial charge on any atom is -0.497 e. The van der Waals surface area contributed by atoms with Gasteiger partial charge in [-0.3, -0.25) is 14.4 Å². The number of ether oxygens (including phenoxy) is 1. The predicted octanol–water partition coefficient (Wildman–Crippen LogP) is 2.77. The van der Waals surface area contributed by atoms with Crippen LogP contribution < -0.4 is 4.74 Å². The summed E-state index contributed by atoms with van der Waals surface area (Å²) >= 11 is 0. The topological polar surface area (TPSA) is 83.9 Å². The van der Waals surface area contributed by atoms with Crippen molar-refractivity contribution in [3.8, 4) is 5.75 Å². The van der Waals surface area contributed by atoms with E-state index in [-0.39, 0.29) is 25.0 Å². The average molecular weight is 387 g/mol. The summed E-state index contributed by atoms with van der Waals surface area (Å²) in [6.07, 6.45) is -4.55. The van der Waals surface area contributed by atoms with Crippen molar-refractivity contribution in [1.29, 1.82) is 0 Å². The number of methoxy groups -OCH3 is 1. The Morgan fingerprint density at radius 1 is 1.15 bits per heavy atom. The molecule has 1 aliphatic heterocycles. The Hall–Kier alpha value is -2.58. The summed E-state index contributed by atoms with van der Waals surface area (Å²) in [6.45, 7) is -1.13. The van der Waals surface area contributed by atoms with Gasteiger partial charge in [0.15, 0.2) is 5.78 Å². The first kappa shape index (κ1) is 20.7. The second-order valence-electron chi connectivity index (χ2n) is 6.40. The predicted molar refractivity (Wildman–Crippen MR) is 88.4 cm³/mol. The van der Waals surface area contributed by atoms with Crippen molar-refractivity contribution < 1.29 is 37.4 Å². The summed E-state index contributed by atoms with van der Waals surface area (Å²) in [4.78, 5) is 36.2. The third-order valence-corrected chi connectivity index (χ3v) is 4.62. The molecule has 0 saturated carbocycles. The summed E-state index contributed by atoms with van der Waals surface area (Å²) in [5, 5.41) is 8.97. The van der Waals surface area contributed by atoms with Crippen LogP contribution in [0.1, 0.15) is 29.6 Å². The monoisotopic (exact) mass is 387 g/mol. The first-order valence-electron chi connectivity index (χ1n) is 8.38. The molecule has 1 aliphatic rings. The lowest BCUT2D eigenvalue weighted by Gasteiger charge is -2.18. The number of halogens is 3. The molecule has 0 radical (unpaired) electrons. The van der Waals surface area contributed by atoms with E-state index < -0.39 is 43.0 Å². The number of benzene rings is 1. The Kier molecular flexibility index (Phi) is 6.45. The van der Waals surface area contributed by atoms with Gasteiger partial charge in [0.1, 0.15) is 5.75 Å². The van der Waals surface area contributed by atoms with E-state index in [2.05, 4.69) is 0 Å². The standard InChI is InChI=1S/C18H20F3NO5/c1-27-12-7-5-11(6-8-12)15(23)3-2-4-16(24)22-9-13(17(25)26)14(10-22)18(19,20)21/h5-8,13-14H,2-4,9-10H2,1H3,(H,25,26)/t13-,14-/m1/s1. The molecule has 1 amide bonds. The minimum atomic E-state index is -4.68. The van der Waals surface area contributed by atoms with Crippen LogP contribution in [0.5, 0.6) is 5.75 Å². The van der Waals surface area contributed by atoms with Crippen LogP contribution in [0.15, 0.2) is 24.3 Å². The molecule has 0 spiro atoms. The fourth-order valence-electron chi connectivity index (χ4n) is 3.07. The number of amides is 1. The van der Waals surface area contributed by atoms with E-state index in [0.717, 1.165) is 4.90 Å². The van der Waals surface area contributed by atoms with Crippen molar-refractivity contribution in [3.05, 3.63) is 29.8 Å². The van der Waals surface area contributed by atoms with Gasteiger partial charge < -0.3 is 14.7 Å². The lowest BCUT2D eigenvalue weighted by molar-refractivity contribution is -0.188. The van der Waals surface area contributed by atoms with Gasteiger partial charge >= 0.3 is 12.1 Å². The number of ketones is 1. The van der Waals surface area contributed by atoms with Crippen LogP contribution >= 0.6 is 0 Å². The number of aliphatic carboxylic acids is 1. The van der Waals surface area contributed by atoms with Crippen LogP contribution in [0.3, 0.4) is 0 Å². The molecule has 6 nitrogen and oxygen atoms in total. The lowest BCUT2D eigenvalue weighted by Crippen LogP contribution is -2.34. The Balaban J connectivity index is 1.86. The molecule has 0 aromatic heterocycles. The summed E-state index contributed by atoms with van der Waals surface area (Å²) < 4.78 is 43.9. The molecule has 0 bridgehead atoms. The lowest BCUT2D eigenvalue weighted by atomic mass is 9.96. The van der Waals surface area contributed by atoms with Crippen molar-refractivity contribution in [1.82, 2.24) is 4.90 Å². The second-order valence-corrected chi connectivity index (χ2v) is 6.40. The number of hydrogen-bond donors (Lipinski definition) is 1. The van der Waals surface area contributed by atoms with E-state index in [0.29, 0.717) is 11.3 Å². The van der Waals surface area contributed by atoms with E-state index in [1.165, 1.54) is 7.11 Å². The zero-order valence-electron chi connectivity index (χ0n) is 14.7. The van der Waals surface area contributed by atoms with Gasteiger partial charge in [0.05, 0.1) is 18.9 Å². The molecule has 148 valence electrons. The fourth-order valence-corrected chi connectivity index (χ4v) is 3.07. The van der Waals surface area contributed by atoms with Crippen LogP contribution in [0, 0.1) is 11.8 Å². The Labute approximate surface area is 153 Å². The van der Waals surface area contributed by atoms with Crippen LogP contribution in [0.25, 0.3) is 0 Å². The fraction of sp³-hybridized carbons (Fsp3) is 0.500. The van der Waals surface area contributed by atoms with Crippen LogP contribution in [0.2, 0.25) is 0 Å². The van der Waals surface area contributed by atoms with Crippen molar-refractivity contribution in [2.45, 2.75) is 25.4 Å². The molecule has 1 N–H and O–H groups in total. The van der Waals surface area contributed by atoms with Gasteiger partial charge in [0.2, 0.25) is 5.91 Å². The number of likely N-dealkylation sites (tertiary alicyclic amines) is 1. The quantitative estimate of drug-likeness (QED) is 0.728. The number of hydrogen-bond acceptors (Lipinski definition) is 4. The van der Waals surface area contributed by atoms with Gasteiger partial charge in [0, 0.05) is 31.5 Å². The van der Waals surface area contributed by atoms with E-state index in [9.17, 15) is 27.6 Å². The average Bonchev–Trinajstić information content (AvgIpc) is 3.08. The molecule has 1 aromatic carbocycles. The number of carbonyl (C=O) groups excluding carboxylic acids is 2. The number of rotatable bonds is 7. The van der Waals surface area contributed by atoms with E-state index in [1.807, 2.05) is 0 Å². The van der Waals surface area contributed by atoms with E-state index in [4.69, 9.17) is 9.84 Å².